The van der Waals surface area contributed by atoms with Crippen molar-refractivity contribution in [1.82, 2.24) is 14.7 Å². The maximum absolute atomic E-state index is 12.1. The summed E-state index contributed by atoms with van der Waals surface area (Å²) in [5.74, 6) is 0. The standard InChI is InChI=1S/C12H11Cl2N3O2S/c1-8-2-3-9(5-15-8)6-17-20(18,19)10-4-11(13)12(14)16-7-10/h2-5,7,17H,6H2,1H3. The summed E-state index contributed by atoms with van der Waals surface area (Å²) in [5.41, 5.74) is 1.62. The van der Waals surface area contributed by atoms with Crippen molar-refractivity contribution in [3.05, 3.63) is 52.0 Å². The van der Waals surface area contributed by atoms with Gasteiger partial charge in [0, 0.05) is 24.6 Å². The van der Waals surface area contributed by atoms with Crippen molar-refractivity contribution in [3.63, 3.8) is 0 Å². The Hall–Kier alpha value is -1.21. The minimum absolute atomic E-state index is 0.0352. The Morgan fingerprint density at radius 2 is 1.95 bits per heavy atom. The first-order valence-electron chi connectivity index (χ1n) is 5.61. The zero-order chi connectivity index (χ0) is 14.8. The molecule has 20 heavy (non-hydrogen) atoms. The maximum Gasteiger partial charge on any atom is 0.242 e. The number of hydrogen-bond donors (Lipinski definition) is 1. The Labute approximate surface area is 127 Å². The van der Waals surface area contributed by atoms with Gasteiger partial charge in [-0.2, -0.15) is 0 Å². The first kappa shape index (κ1) is 15.2. The Balaban J connectivity index is 2.14. The average molecular weight is 332 g/mol. The summed E-state index contributed by atoms with van der Waals surface area (Å²) in [7, 11) is -3.69. The van der Waals surface area contributed by atoms with Gasteiger partial charge in [0.1, 0.15) is 10.0 Å². The van der Waals surface area contributed by atoms with Crippen LogP contribution in [0.4, 0.5) is 0 Å². The number of sulfonamides is 1. The van der Waals surface area contributed by atoms with Crippen LogP contribution in [0, 0.1) is 6.92 Å². The molecule has 8 heteroatoms. The van der Waals surface area contributed by atoms with Crippen LogP contribution in [0.15, 0.2) is 35.5 Å². The van der Waals surface area contributed by atoms with E-state index in [1.165, 1.54) is 6.07 Å². The van der Waals surface area contributed by atoms with E-state index >= 15 is 0 Å². The van der Waals surface area contributed by atoms with Crippen LogP contribution in [-0.2, 0) is 16.6 Å². The van der Waals surface area contributed by atoms with Crippen LogP contribution in [0.1, 0.15) is 11.3 Å². The zero-order valence-electron chi connectivity index (χ0n) is 10.5. The van der Waals surface area contributed by atoms with Gasteiger partial charge in [-0.05, 0) is 24.6 Å². The average Bonchev–Trinajstić information content (AvgIpc) is 2.41. The van der Waals surface area contributed by atoms with Crippen LogP contribution in [0.5, 0.6) is 0 Å². The van der Waals surface area contributed by atoms with Gasteiger partial charge in [0.25, 0.3) is 0 Å². The first-order valence-corrected chi connectivity index (χ1v) is 7.84. The van der Waals surface area contributed by atoms with Crippen molar-refractivity contribution in [3.8, 4) is 0 Å². The molecule has 0 aliphatic carbocycles. The molecule has 0 unspecified atom stereocenters. The van der Waals surface area contributed by atoms with Gasteiger partial charge in [-0.25, -0.2) is 18.1 Å². The fourth-order valence-electron chi connectivity index (χ4n) is 1.42. The minimum atomic E-state index is -3.69. The number of aryl methyl sites for hydroxylation is 1. The van der Waals surface area contributed by atoms with Crippen LogP contribution in [0.25, 0.3) is 0 Å². The van der Waals surface area contributed by atoms with Crippen molar-refractivity contribution in [2.24, 2.45) is 0 Å². The molecule has 0 amide bonds. The number of halogens is 2. The van der Waals surface area contributed by atoms with Gasteiger partial charge in [0.2, 0.25) is 10.0 Å². The third kappa shape index (κ3) is 3.67. The molecular weight excluding hydrogens is 321 g/mol. The smallest absolute Gasteiger partial charge is 0.242 e. The highest BCUT2D eigenvalue weighted by Gasteiger charge is 2.16. The van der Waals surface area contributed by atoms with Crippen LogP contribution in [0.2, 0.25) is 10.2 Å². The summed E-state index contributed by atoms with van der Waals surface area (Å²) < 4.78 is 26.6. The molecule has 0 saturated carbocycles. The summed E-state index contributed by atoms with van der Waals surface area (Å²) in [6.07, 6.45) is 2.77. The molecule has 0 saturated heterocycles. The quantitative estimate of drug-likeness (QED) is 0.874. The number of pyridine rings is 2. The number of nitrogens with zero attached hydrogens (tertiary/aromatic N) is 2. The lowest BCUT2D eigenvalue weighted by Gasteiger charge is -2.07. The fourth-order valence-corrected chi connectivity index (χ4v) is 2.74. The lowest BCUT2D eigenvalue weighted by Crippen LogP contribution is -2.23. The maximum atomic E-state index is 12.1. The van der Waals surface area contributed by atoms with Gasteiger partial charge in [-0.15, -0.1) is 0 Å². The fraction of sp³-hybridized carbons (Fsp3) is 0.167. The molecule has 1 N–H and O–H groups in total. The van der Waals surface area contributed by atoms with Crippen LogP contribution in [0.3, 0.4) is 0 Å². The van der Waals surface area contributed by atoms with Crippen molar-refractivity contribution in [1.29, 1.82) is 0 Å². The van der Waals surface area contributed by atoms with Crippen molar-refractivity contribution in [2.45, 2.75) is 18.4 Å². The van der Waals surface area contributed by atoms with E-state index in [1.54, 1.807) is 12.3 Å². The van der Waals surface area contributed by atoms with Crippen LogP contribution < -0.4 is 4.72 Å². The summed E-state index contributed by atoms with van der Waals surface area (Å²) in [6, 6.07) is 4.87. The largest absolute Gasteiger partial charge is 0.261 e. The molecule has 0 bridgehead atoms. The molecular formula is C12H11Cl2N3O2S. The van der Waals surface area contributed by atoms with E-state index in [9.17, 15) is 8.42 Å². The Bertz CT molecular complexity index is 718. The molecule has 0 aliphatic heterocycles. The molecule has 0 atom stereocenters. The van der Waals surface area contributed by atoms with Gasteiger partial charge >= 0.3 is 0 Å². The normalized spacial score (nSPS) is 11.6. The Morgan fingerprint density at radius 3 is 2.55 bits per heavy atom. The van der Waals surface area contributed by atoms with E-state index in [0.29, 0.717) is 0 Å². The lowest BCUT2D eigenvalue weighted by atomic mass is 10.2. The van der Waals surface area contributed by atoms with Crippen molar-refractivity contribution >= 4 is 33.2 Å². The highest BCUT2D eigenvalue weighted by atomic mass is 35.5. The van der Waals surface area contributed by atoms with Gasteiger partial charge in [0.15, 0.2) is 0 Å². The molecule has 2 heterocycles. The summed E-state index contributed by atoms with van der Waals surface area (Å²) in [5, 5.41) is 0.153. The summed E-state index contributed by atoms with van der Waals surface area (Å²) >= 11 is 11.4. The van der Waals surface area contributed by atoms with E-state index in [1.807, 2.05) is 13.0 Å². The molecule has 2 aromatic rings. The molecule has 0 radical (unpaired) electrons. The topological polar surface area (TPSA) is 72.0 Å². The second-order valence-corrected chi connectivity index (χ2v) is 6.61. The number of aromatic nitrogens is 2. The Kier molecular flexibility index (Phi) is 4.59. The molecule has 2 aromatic heterocycles. The lowest BCUT2D eigenvalue weighted by molar-refractivity contribution is 0.581. The number of nitrogens with one attached hydrogen (secondary N) is 1. The minimum Gasteiger partial charge on any atom is -0.261 e. The van der Waals surface area contributed by atoms with Crippen molar-refractivity contribution in [2.75, 3.05) is 0 Å². The molecule has 0 spiro atoms. The summed E-state index contributed by atoms with van der Waals surface area (Å²) in [4.78, 5) is 7.77. The third-order valence-corrected chi connectivity index (χ3v) is 4.57. The number of rotatable bonds is 4. The predicted octanol–water partition coefficient (Wildman–Crippen LogP) is 2.57. The van der Waals surface area contributed by atoms with Gasteiger partial charge in [-0.1, -0.05) is 29.3 Å². The molecule has 0 aromatic carbocycles. The highest BCUT2D eigenvalue weighted by molar-refractivity contribution is 7.89. The van der Waals surface area contributed by atoms with E-state index in [4.69, 9.17) is 23.2 Å². The van der Waals surface area contributed by atoms with E-state index in [2.05, 4.69) is 14.7 Å². The SMILES string of the molecule is Cc1ccc(CNS(=O)(=O)c2cnc(Cl)c(Cl)c2)cn1. The van der Waals surface area contributed by atoms with E-state index in [-0.39, 0.29) is 21.6 Å². The van der Waals surface area contributed by atoms with Crippen molar-refractivity contribution < 1.29 is 8.42 Å². The van der Waals surface area contributed by atoms with Gasteiger partial charge in [-0.3, -0.25) is 4.98 Å². The molecule has 5 nitrogen and oxygen atoms in total. The third-order valence-electron chi connectivity index (χ3n) is 2.52. The van der Waals surface area contributed by atoms with Gasteiger partial charge in [0.05, 0.1) is 5.02 Å². The molecule has 0 fully saturated rings. The molecule has 0 aliphatic rings. The Morgan fingerprint density at radius 1 is 1.20 bits per heavy atom. The summed E-state index contributed by atoms with van der Waals surface area (Å²) in [6.45, 7) is 1.99. The monoisotopic (exact) mass is 331 g/mol. The van der Waals surface area contributed by atoms with Crippen LogP contribution in [-0.4, -0.2) is 18.4 Å². The van der Waals surface area contributed by atoms with Gasteiger partial charge < -0.3 is 0 Å². The van der Waals surface area contributed by atoms with Crippen LogP contribution >= 0.6 is 23.2 Å². The van der Waals surface area contributed by atoms with E-state index in [0.717, 1.165) is 17.5 Å². The first-order chi connectivity index (χ1) is 9.38. The number of hydrogen-bond acceptors (Lipinski definition) is 4. The predicted molar refractivity (Wildman–Crippen MR) is 77.3 cm³/mol. The molecule has 2 rings (SSSR count). The zero-order valence-corrected chi connectivity index (χ0v) is 12.8. The second kappa shape index (κ2) is 6.05. The van der Waals surface area contributed by atoms with E-state index < -0.39 is 10.0 Å². The second-order valence-electron chi connectivity index (χ2n) is 4.08. The molecule has 106 valence electrons. The highest BCUT2D eigenvalue weighted by Crippen LogP contribution is 2.22.